The summed E-state index contributed by atoms with van der Waals surface area (Å²) in [6.07, 6.45) is -0.00881. The summed E-state index contributed by atoms with van der Waals surface area (Å²) in [5, 5.41) is 0. The van der Waals surface area contributed by atoms with Crippen LogP contribution in [0.25, 0.3) is 5.82 Å². The number of rotatable bonds is 1. The van der Waals surface area contributed by atoms with Gasteiger partial charge in [0.1, 0.15) is 17.8 Å². The molecule has 0 aromatic carbocycles. The van der Waals surface area contributed by atoms with Crippen molar-refractivity contribution in [1.29, 1.82) is 0 Å². The minimum Gasteiger partial charge on any atom is -0.291 e. The van der Waals surface area contributed by atoms with Gasteiger partial charge in [-0.15, -0.1) is 0 Å². The first-order valence-electron chi connectivity index (χ1n) is 4.51. The van der Waals surface area contributed by atoms with E-state index in [0.29, 0.717) is 0 Å². The molecule has 3 nitrogen and oxygen atoms in total. The third kappa shape index (κ3) is 1.91. The molecule has 0 radical (unpaired) electrons. The van der Waals surface area contributed by atoms with Crippen LogP contribution in [0.4, 0.5) is 13.2 Å². The van der Waals surface area contributed by atoms with E-state index in [9.17, 15) is 13.2 Å². The van der Waals surface area contributed by atoms with Gasteiger partial charge in [0.2, 0.25) is 0 Å². The smallest absolute Gasteiger partial charge is 0.291 e. The Morgan fingerprint density at radius 2 is 2.00 bits per heavy atom. The predicted octanol–water partition coefficient (Wildman–Crippen LogP) is 2.59. The summed E-state index contributed by atoms with van der Waals surface area (Å²) in [7, 11) is 0. The molecule has 0 aliphatic heterocycles. The van der Waals surface area contributed by atoms with Crippen molar-refractivity contribution in [1.82, 2.24) is 14.5 Å². The van der Waals surface area contributed by atoms with Crippen LogP contribution in [0.5, 0.6) is 0 Å². The summed E-state index contributed by atoms with van der Waals surface area (Å²) < 4.78 is 39.2. The van der Waals surface area contributed by atoms with E-state index >= 15 is 0 Å². The zero-order valence-electron chi connectivity index (χ0n) is 8.36. The van der Waals surface area contributed by atoms with E-state index in [1.807, 2.05) is 0 Å². The minimum absolute atomic E-state index is 0.108. The molecule has 0 unspecified atom stereocenters. The number of nitrogens with zero attached hydrogens (tertiary/aromatic N) is 3. The number of halogens is 3. The van der Waals surface area contributed by atoms with E-state index in [1.165, 1.54) is 42.3 Å². The zero-order valence-corrected chi connectivity index (χ0v) is 8.36. The standard InChI is InChI=1S/C10H8F3N3/c1-7-2-3-8(16-5-4-14-6-16)15-9(7)10(11,12)13/h2-6H,1H3. The maximum atomic E-state index is 12.6. The van der Waals surface area contributed by atoms with Crippen molar-refractivity contribution in [3.8, 4) is 5.82 Å². The van der Waals surface area contributed by atoms with Gasteiger partial charge in [0.15, 0.2) is 0 Å². The van der Waals surface area contributed by atoms with E-state index in [1.54, 1.807) is 0 Å². The fourth-order valence-corrected chi connectivity index (χ4v) is 1.34. The van der Waals surface area contributed by atoms with Crippen molar-refractivity contribution in [3.05, 3.63) is 42.1 Å². The van der Waals surface area contributed by atoms with Gasteiger partial charge in [-0.05, 0) is 18.6 Å². The second kappa shape index (κ2) is 3.62. The highest BCUT2D eigenvalue weighted by atomic mass is 19.4. The molecule has 0 fully saturated rings. The SMILES string of the molecule is Cc1ccc(-n2ccnc2)nc1C(F)(F)F. The first-order chi connectivity index (χ1) is 7.48. The molecule has 6 heteroatoms. The van der Waals surface area contributed by atoms with Crippen LogP contribution in [0.15, 0.2) is 30.9 Å². The number of pyridine rings is 1. The van der Waals surface area contributed by atoms with E-state index in [4.69, 9.17) is 0 Å². The molecular formula is C10H8F3N3. The average molecular weight is 227 g/mol. The highest BCUT2D eigenvalue weighted by Gasteiger charge is 2.34. The summed E-state index contributed by atoms with van der Waals surface area (Å²) in [6.45, 7) is 1.38. The second-order valence-corrected chi connectivity index (χ2v) is 3.30. The predicted molar refractivity (Wildman–Crippen MR) is 51.1 cm³/mol. The van der Waals surface area contributed by atoms with Crippen molar-refractivity contribution in [2.45, 2.75) is 13.1 Å². The Bertz CT molecular complexity index is 489. The van der Waals surface area contributed by atoms with Crippen molar-refractivity contribution >= 4 is 0 Å². The van der Waals surface area contributed by atoms with Gasteiger partial charge < -0.3 is 0 Å². The maximum Gasteiger partial charge on any atom is 0.433 e. The van der Waals surface area contributed by atoms with Crippen LogP contribution >= 0.6 is 0 Å². The van der Waals surface area contributed by atoms with Crippen LogP contribution < -0.4 is 0 Å². The Hall–Kier alpha value is -1.85. The van der Waals surface area contributed by atoms with Crippen molar-refractivity contribution < 1.29 is 13.2 Å². The second-order valence-electron chi connectivity index (χ2n) is 3.30. The van der Waals surface area contributed by atoms with Gasteiger partial charge in [-0.25, -0.2) is 9.97 Å². The third-order valence-corrected chi connectivity index (χ3v) is 2.12. The number of aromatic nitrogens is 3. The highest BCUT2D eigenvalue weighted by Crippen LogP contribution is 2.30. The van der Waals surface area contributed by atoms with E-state index < -0.39 is 11.9 Å². The maximum absolute atomic E-state index is 12.6. The Morgan fingerprint density at radius 3 is 2.56 bits per heavy atom. The summed E-state index contributed by atoms with van der Waals surface area (Å²) in [4.78, 5) is 7.34. The molecule has 0 spiro atoms. The zero-order chi connectivity index (χ0) is 11.8. The lowest BCUT2D eigenvalue weighted by Gasteiger charge is -2.10. The molecule has 2 heterocycles. The summed E-state index contributed by atoms with van der Waals surface area (Å²) in [6, 6.07) is 2.91. The number of hydrogen-bond acceptors (Lipinski definition) is 2. The highest BCUT2D eigenvalue weighted by molar-refractivity contribution is 5.31. The molecule has 0 saturated carbocycles. The summed E-state index contributed by atoms with van der Waals surface area (Å²) in [5.74, 6) is 0.204. The van der Waals surface area contributed by atoms with Gasteiger partial charge in [0.05, 0.1) is 0 Å². The van der Waals surface area contributed by atoms with Crippen LogP contribution in [0.3, 0.4) is 0 Å². The van der Waals surface area contributed by atoms with Gasteiger partial charge in [-0.1, -0.05) is 6.07 Å². The Morgan fingerprint density at radius 1 is 1.25 bits per heavy atom. The Balaban J connectivity index is 2.52. The Labute approximate surface area is 89.6 Å². The van der Waals surface area contributed by atoms with Crippen molar-refractivity contribution in [3.63, 3.8) is 0 Å². The fourth-order valence-electron chi connectivity index (χ4n) is 1.34. The van der Waals surface area contributed by atoms with E-state index in [0.717, 1.165) is 0 Å². The van der Waals surface area contributed by atoms with Crippen LogP contribution in [0, 0.1) is 6.92 Å². The summed E-state index contributed by atoms with van der Waals surface area (Å²) >= 11 is 0. The normalized spacial score (nSPS) is 11.8. The number of hydrogen-bond donors (Lipinski definition) is 0. The number of imidazole rings is 1. The van der Waals surface area contributed by atoms with Gasteiger partial charge in [-0.2, -0.15) is 13.2 Å². The minimum atomic E-state index is -4.43. The molecule has 2 aromatic heterocycles. The molecule has 84 valence electrons. The lowest BCUT2D eigenvalue weighted by Crippen LogP contribution is -2.12. The quantitative estimate of drug-likeness (QED) is 0.749. The molecule has 0 amide bonds. The molecule has 0 atom stereocenters. The molecule has 0 bridgehead atoms. The molecule has 0 aliphatic carbocycles. The molecular weight excluding hydrogens is 219 g/mol. The van der Waals surface area contributed by atoms with Crippen LogP contribution in [-0.2, 0) is 6.18 Å². The number of aryl methyl sites for hydroxylation is 1. The van der Waals surface area contributed by atoms with Gasteiger partial charge in [0, 0.05) is 12.4 Å². The average Bonchev–Trinajstić information content (AvgIpc) is 2.69. The summed E-state index contributed by atoms with van der Waals surface area (Å²) in [5.41, 5.74) is -0.755. The molecule has 0 aliphatic rings. The largest absolute Gasteiger partial charge is 0.433 e. The van der Waals surface area contributed by atoms with Gasteiger partial charge >= 0.3 is 6.18 Å². The van der Waals surface area contributed by atoms with E-state index in [-0.39, 0.29) is 11.4 Å². The Kier molecular flexibility index (Phi) is 2.41. The molecule has 16 heavy (non-hydrogen) atoms. The molecule has 0 saturated heterocycles. The van der Waals surface area contributed by atoms with Gasteiger partial charge in [0.25, 0.3) is 0 Å². The lowest BCUT2D eigenvalue weighted by atomic mass is 10.2. The number of alkyl halides is 3. The molecule has 2 rings (SSSR count). The fraction of sp³-hybridized carbons (Fsp3) is 0.200. The van der Waals surface area contributed by atoms with Crippen molar-refractivity contribution in [2.75, 3.05) is 0 Å². The van der Waals surface area contributed by atoms with Crippen LogP contribution in [0.1, 0.15) is 11.3 Å². The van der Waals surface area contributed by atoms with Crippen molar-refractivity contribution in [2.24, 2.45) is 0 Å². The first kappa shape index (κ1) is 10.7. The van der Waals surface area contributed by atoms with Crippen LogP contribution in [-0.4, -0.2) is 14.5 Å². The molecule has 2 aromatic rings. The monoisotopic (exact) mass is 227 g/mol. The van der Waals surface area contributed by atoms with Gasteiger partial charge in [-0.3, -0.25) is 4.57 Å². The topological polar surface area (TPSA) is 30.7 Å². The van der Waals surface area contributed by atoms with E-state index in [2.05, 4.69) is 9.97 Å². The third-order valence-electron chi connectivity index (χ3n) is 2.12. The lowest BCUT2D eigenvalue weighted by molar-refractivity contribution is -0.141. The first-order valence-corrected chi connectivity index (χ1v) is 4.51. The molecule has 0 N–H and O–H groups in total. The van der Waals surface area contributed by atoms with Crippen LogP contribution in [0.2, 0.25) is 0 Å².